The SMILES string of the molecule is CCCNC(C)c1ccccc1N(CC)CC(F)(F)F. The number of alkyl halides is 3. The van der Waals surface area contributed by atoms with Crippen LogP contribution in [-0.2, 0) is 0 Å². The topological polar surface area (TPSA) is 15.3 Å². The number of nitrogens with zero attached hydrogens (tertiary/aromatic N) is 1. The first-order valence-corrected chi connectivity index (χ1v) is 7.03. The normalized spacial score (nSPS) is 13.3. The highest BCUT2D eigenvalue weighted by atomic mass is 19.4. The van der Waals surface area contributed by atoms with Crippen LogP contribution in [0.15, 0.2) is 24.3 Å². The third-order valence-electron chi connectivity index (χ3n) is 3.20. The predicted octanol–water partition coefficient (Wildman–Crippen LogP) is 4.14. The van der Waals surface area contributed by atoms with E-state index in [1.165, 1.54) is 4.90 Å². The zero-order valence-electron chi connectivity index (χ0n) is 12.3. The van der Waals surface area contributed by atoms with Crippen molar-refractivity contribution in [3.05, 3.63) is 29.8 Å². The quantitative estimate of drug-likeness (QED) is 0.811. The standard InChI is InChI=1S/C15H23F3N2/c1-4-10-19-12(3)13-8-6-7-9-14(13)20(5-2)11-15(16,17)18/h6-9,12,19H,4-5,10-11H2,1-3H3. The molecule has 0 bridgehead atoms. The first-order valence-electron chi connectivity index (χ1n) is 7.03. The minimum absolute atomic E-state index is 0.0356. The van der Waals surface area contributed by atoms with E-state index in [1.807, 2.05) is 19.1 Å². The fourth-order valence-corrected chi connectivity index (χ4v) is 2.20. The van der Waals surface area contributed by atoms with Crippen LogP contribution in [-0.4, -0.2) is 25.8 Å². The van der Waals surface area contributed by atoms with Gasteiger partial charge in [0.2, 0.25) is 0 Å². The second-order valence-corrected chi connectivity index (χ2v) is 4.86. The monoisotopic (exact) mass is 288 g/mol. The lowest BCUT2D eigenvalue weighted by Crippen LogP contribution is -2.35. The highest BCUT2D eigenvalue weighted by molar-refractivity contribution is 5.55. The maximum atomic E-state index is 12.7. The van der Waals surface area contributed by atoms with E-state index in [2.05, 4.69) is 12.2 Å². The van der Waals surface area contributed by atoms with Crippen LogP contribution in [0.5, 0.6) is 0 Å². The van der Waals surface area contributed by atoms with Crippen LogP contribution in [0.3, 0.4) is 0 Å². The van der Waals surface area contributed by atoms with E-state index < -0.39 is 12.7 Å². The van der Waals surface area contributed by atoms with Gasteiger partial charge in [-0.25, -0.2) is 0 Å². The summed E-state index contributed by atoms with van der Waals surface area (Å²) in [7, 11) is 0. The van der Waals surface area contributed by atoms with Gasteiger partial charge in [0.05, 0.1) is 0 Å². The van der Waals surface area contributed by atoms with Gasteiger partial charge in [-0.3, -0.25) is 0 Å². The number of benzene rings is 1. The van der Waals surface area contributed by atoms with E-state index in [1.54, 1.807) is 19.1 Å². The second-order valence-electron chi connectivity index (χ2n) is 4.86. The molecule has 0 aliphatic heterocycles. The largest absolute Gasteiger partial charge is 0.405 e. The van der Waals surface area contributed by atoms with Crippen molar-refractivity contribution in [3.63, 3.8) is 0 Å². The highest BCUT2D eigenvalue weighted by Crippen LogP contribution is 2.28. The van der Waals surface area contributed by atoms with Crippen molar-refractivity contribution in [1.29, 1.82) is 0 Å². The van der Waals surface area contributed by atoms with Crippen LogP contribution in [0.4, 0.5) is 18.9 Å². The Labute approximate surface area is 119 Å². The lowest BCUT2D eigenvalue weighted by Gasteiger charge is -2.28. The average molecular weight is 288 g/mol. The Hall–Kier alpha value is -1.23. The molecule has 0 heterocycles. The summed E-state index contributed by atoms with van der Waals surface area (Å²) in [6.45, 7) is 6.05. The first kappa shape index (κ1) is 16.8. The third-order valence-corrected chi connectivity index (χ3v) is 3.20. The summed E-state index contributed by atoms with van der Waals surface area (Å²) in [4.78, 5) is 1.37. The van der Waals surface area contributed by atoms with Crippen molar-refractivity contribution in [2.24, 2.45) is 0 Å². The van der Waals surface area contributed by atoms with Gasteiger partial charge in [0.15, 0.2) is 0 Å². The molecule has 1 N–H and O–H groups in total. The predicted molar refractivity (Wildman–Crippen MR) is 77.1 cm³/mol. The Morgan fingerprint density at radius 2 is 1.85 bits per heavy atom. The Morgan fingerprint density at radius 1 is 1.20 bits per heavy atom. The van der Waals surface area contributed by atoms with Crippen molar-refractivity contribution in [1.82, 2.24) is 5.32 Å². The molecule has 0 aliphatic carbocycles. The summed E-state index contributed by atoms with van der Waals surface area (Å²) in [6, 6.07) is 7.33. The molecule has 1 rings (SSSR count). The molecule has 1 atom stereocenters. The molecule has 114 valence electrons. The van der Waals surface area contributed by atoms with Crippen LogP contribution in [0.2, 0.25) is 0 Å². The number of para-hydroxylation sites is 1. The van der Waals surface area contributed by atoms with E-state index in [4.69, 9.17) is 0 Å². The lowest BCUT2D eigenvalue weighted by molar-refractivity contribution is -0.119. The van der Waals surface area contributed by atoms with Gasteiger partial charge in [-0.2, -0.15) is 13.2 Å². The molecule has 0 spiro atoms. The van der Waals surface area contributed by atoms with Crippen molar-refractivity contribution in [2.75, 3.05) is 24.5 Å². The zero-order chi connectivity index (χ0) is 15.2. The van der Waals surface area contributed by atoms with Crippen molar-refractivity contribution in [2.45, 2.75) is 39.4 Å². The van der Waals surface area contributed by atoms with Gasteiger partial charge in [-0.1, -0.05) is 25.1 Å². The molecule has 2 nitrogen and oxygen atoms in total. The molecule has 0 saturated heterocycles. The van der Waals surface area contributed by atoms with Gasteiger partial charge in [0.1, 0.15) is 6.54 Å². The van der Waals surface area contributed by atoms with Crippen LogP contribution >= 0.6 is 0 Å². The van der Waals surface area contributed by atoms with Crippen LogP contribution < -0.4 is 10.2 Å². The first-order chi connectivity index (χ1) is 9.39. The molecule has 0 amide bonds. The van der Waals surface area contributed by atoms with Crippen molar-refractivity contribution in [3.8, 4) is 0 Å². The Morgan fingerprint density at radius 3 is 2.40 bits per heavy atom. The molecule has 20 heavy (non-hydrogen) atoms. The van der Waals surface area contributed by atoms with E-state index >= 15 is 0 Å². The Bertz CT molecular complexity index is 404. The van der Waals surface area contributed by atoms with E-state index in [-0.39, 0.29) is 6.04 Å². The van der Waals surface area contributed by atoms with Gasteiger partial charge in [-0.15, -0.1) is 0 Å². The molecule has 1 aromatic carbocycles. The molecule has 0 aliphatic rings. The smallest absolute Gasteiger partial charge is 0.363 e. The molecule has 0 saturated carbocycles. The van der Waals surface area contributed by atoms with Gasteiger partial charge in [0.25, 0.3) is 0 Å². The average Bonchev–Trinajstić information content (AvgIpc) is 2.41. The molecular weight excluding hydrogens is 265 g/mol. The fourth-order valence-electron chi connectivity index (χ4n) is 2.20. The van der Waals surface area contributed by atoms with Crippen LogP contribution in [0.25, 0.3) is 0 Å². The Kier molecular flexibility index (Phi) is 6.33. The minimum Gasteiger partial charge on any atom is -0.363 e. The van der Waals surface area contributed by atoms with E-state index in [0.717, 1.165) is 18.5 Å². The molecular formula is C15H23F3N2. The minimum atomic E-state index is -4.19. The molecule has 0 radical (unpaired) electrons. The molecule has 0 aromatic heterocycles. The number of halogens is 3. The maximum Gasteiger partial charge on any atom is 0.405 e. The lowest BCUT2D eigenvalue weighted by atomic mass is 10.0. The third kappa shape index (κ3) is 5.04. The number of hydrogen-bond donors (Lipinski definition) is 1. The summed E-state index contributed by atoms with van der Waals surface area (Å²) in [6.07, 6.45) is -3.20. The summed E-state index contributed by atoms with van der Waals surface area (Å²) in [5.41, 5.74) is 1.57. The van der Waals surface area contributed by atoms with Gasteiger partial charge < -0.3 is 10.2 Å². The summed E-state index contributed by atoms with van der Waals surface area (Å²) >= 11 is 0. The summed E-state index contributed by atoms with van der Waals surface area (Å²) in [5.74, 6) is 0. The number of nitrogens with one attached hydrogen (secondary N) is 1. The molecule has 5 heteroatoms. The van der Waals surface area contributed by atoms with E-state index in [9.17, 15) is 13.2 Å². The van der Waals surface area contributed by atoms with Crippen molar-refractivity contribution >= 4 is 5.69 Å². The van der Waals surface area contributed by atoms with Crippen LogP contribution in [0.1, 0.15) is 38.8 Å². The molecule has 1 aromatic rings. The van der Waals surface area contributed by atoms with E-state index in [0.29, 0.717) is 12.2 Å². The summed E-state index contributed by atoms with van der Waals surface area (Å²) in [5, 5.41) is 3.32. The van der Waals surface area contributed by atoms with Gasteiger partial charge in [0, 0.05) is 18.3 Å². The Balaban J connectivity index is 2.97. The molecule has 0 fully saturated rings. The maximum absolute atomic E-state index is 12.7. The number of anilines is 1. The zero-order valence-corrected chi connectivity index (χ0v) is 12.3. The van der Waals surface area contributed by atoms with Gasteiger partial charge in [-0.05, 0) is 38.4 Å². The van der Waals surface area contributed by atoms with Crippen molar-refractivity contribution < 1.29 is 13.2 Å². The van der Waals surface area contributed by atoms with Crippen LogP contribution in [0, 0.1) is 0 Å². The fraction of sp³-hybridized carbons (Fsp3) is 0.600. The second kappa shape index (κ2) is 7.53. The number of hydrogen-bond acceptors (Lipinski definition) is 2. The molecule has 1 unspecified atom stereocenters. The summed E-state index contributed by atoms with van der Waals surface area (Å²) < 4.78 is 38.0. The van der Waals surface area contributed by atoms with Gasteiger partial charge >= 0.3 is 6.18 Å². The highest BCUT2D eigenvalue weighted by Gasteiger charge is 2.31. The number of rotatable bonds is 7.